The lowest BCUT2D eigenvalue weighted by atomic mass is 9.49. The second-order valence-electron chi connectivity index (χ2n) is 9.17. The first-order valence-electron chi connectivity index (χ1n) is 10.3. The normalized spacial score (nSPS) is 38.6. The first-order chi connectivity index (χ1) is 13.5. The maximum absolute atomic E-state index is 11.5. The maximum atomic E-state index is 11.5. The predicted octanol–water partition coefficient (Wildman–Crippen LogP) is -0.835. The van der Waals surface area contributed by atoms with Crippen LogP contribution in [0.15, 0.2) is 40.9 Å². The van der Waals surface area contributed by atoms with Crippen LogP contribution in [0, 0.1) is 5.92 Å². The number of phenolic OH excluding ortho intramolecular Hbond substituents is 1. The second kappa shape index (κ2) is 6.61. The summed E-state index contributed by atoms with van der Waals surface area (Å²) in [5, 5.41) is 22.0. The number of likely N-dealkylation sites (N-methyl/N-ethyl adjacent to an activating group) is 1. The number of halogens is 2. The van der Waals surface area contributed by atoms with E-state index in [2.05, 4.69) is 53.3 Å². The minimum absolute atomic E-state index is 0. The van der Waals surface area contributed by atoms with Gasteiger partial charge in [-0.15, -0.1) is 0 Å². The van der Waals surface area contributed by atoms with Crippen LogP contribution in [0.2, 0.25) is 0 Å². The monoisotopic (exact) mass is 477 g/mol. The number of benzene rings is 2. The molecule has 0 radical (unpaired) electrons. The summed E-state index contributed by atoms with van der Waals surface area (Å²) in [7, 11) is 2.31. The number of ether oxygens (including phenoxy) is 1. The molecule has 2 heterocycles. The molecule has 2 aliphatic heterocycles. The molecule has 2 aromatic carbocycles. The molecule has 6 heteroatoms. The Kier molecular flexibility index (Phi) is 4.49. The first kappa shape index (κ1) is 19.7. The van der Waals surface area contributed by atoms with E-state index in [0.29, 0.717) is 17.7 Å². The third kappa shape index (κ3) is 2.45. The van der Waals surface area contributed by atoms with Crippen molar-refractivity contribution in [2.75, 3.05) is 13.6 Å². The van der Waals surface area contributed by atoms with Crippen LogP contribution in [0.4, 0.5) is 0 Å². The van der Waals surface area contributed by atoms with Gasteiger partial charge in [0, 0.05) is 34.7 Å². The van der Waals surface area contributed by atoms with E-state index in [4.69, 9.17) is 4.74 Å². The van der Waals surface area contributed by atoms with Crippen molar-refractivity contribution in [3.63, 3.8) is 0 Å². The summed E-state index contributed by atoms with van der Waals surface area (Å²) in [6, 6.07) is 12.7. The third-order valence-corrected chi connectivity index (χ3v) is 8.65. The summed E-state index contributed by atoms with van der Waals surface area (Å²) >= 11 is 3.52. The van der Waals surface area contributed by atoms with Gasteiger partial charge < -0.3 is 32.3 Å². The highest BCUT2D eigenvalue weighted by Gasteiger charge is 2.68. The summed E-state index contributed by atoms with van der Waals surface area (Å²) < 4.78 is 7.47. The van der Waals surface area contributed by atoms with Crippen molar-refractivity contribution in [1.82, 2.24) is 0 Å². The van der Waals surface area contributed by atoms with Gasteiger partial charge in [-0.25, -0.2) is 0 Å². The van der Waals surface area contributed by atoms with Gasteiger partial charge in [0.2, 0.25) is 0 Å². The number of aromatic hydroxyl groups is 1. The summed E-state index contributed by atoms with van der Waals surface area (Å²) in [6.45, 7) is 1.09. The Morgan fingerprint density at radius 1 is 1.17 bits per heavy atom. The molecule has 1 saturated heterocycles. The van der Waals surface area contributed by atoms with Gasteiger partial charge in [0.25, 0.3) is 0 Å². The Balaban J connectivity index is 0.00000181. The van der Waals surface area contributed by atoms with E-state index < -0.39 is 6.10 Å². The summed E-state index contributed by atoms with van der Waals surface area (Å²) in [4.78, 5) is 1.59. The van der Waals surface area contributed by atoms with Gasteiger partial charge in [-0.05, 0) is 35.7 Å². The molecule has 29 heavy (non-hydrogen) atoms. The Labute approximate surface area is 185 Å². The van der Waals surface area contributed by atoms with Crippen LogP contribution in [-0.2, 0) is 11.8 Å². The molecular weight excluding hydrogens is 454 g/mol. The van der Waals surface area contributed by atoms with Crippen LogP contribution in [0.25, 0.3) is 0 Å². The van der Waals surface area contributed by atoms with Gasteiger partial charge in [0.05, 0.1) is 31.2 Å². The molecule has 1 spiro atoms. The number of likely N-dealkylation sites (tertiary alicyclic amines) is 1. The highest BCUT2D eigenvalue weighted by Crippen LogP contribution is 2.63. The summed E-state index contributed by atoms with van der Waals surface area (Å²) in [6.07, 6.45) is 2.16. The van der Waals surface area contributed by atoms with Crippen molar-refractivity contribution in [3.05, 3.63) is 57.6 Å². The number of nitrogens with one attached hydrogen (secondary N) is 1. The highest BCUT2D eigenvalue weighted by atomic mass is 79.9. The molecule has 2 aliphatic carbocycles. The molecule has 2 unspecified atom stereocenters. The zero-order valence-electron chi connectivity index (χ0n) is 16.2. The molecule has 1 saturated carbocycles. The Morgan fingerprint density at radius 2 is 1.93 bits per heavy atom. The van der Waals surface area contributed by atoms with Crippen LogP contribution in [0.1, 0.15) is 35.4 Å². The molecule has 4 aliphatic rings. The molecule has 6 rings (SSSR count). The lowest BCUT2D eigenvalue weighted by Crippen LogP contribution is -3.16. The third-order valence-electron chi connectivity index (χ3n) is 8.12. The zero-order valence-corrected chi connectivity index (χ0v) is 18.6. The fourth-order valence-electron chi connectivity index (χ4n) is 6.90. The predicted molar refractivity (Wildman–Crippen MR) is 109 cm³/mol. The molecule has 2 aromatic rings. The van der Waals surface area contributed by atoms with Crippen LogP contribution in [-0.4, -0.2) is 42.1 Å². The molecule has 2 bridgehead atoms. The Hall–Kier alpha value is -1.27. The molecule has 7 atom stereocenters. The van der Waals surface area contributed by atoms with Crippen LogP contribution in [0.3, 0.4) is 0 Å². The summed E-state index contributed by atoms with van der Waals surface area (Å²) in [5.41, 5.74) is 3.54. The Morgan fingerprint density at radius 3 is 2.69 bits per heavy atom. The average molecular weight is 479 g/mol. The fraction of sp³-hybridized carbons (Fsp3) is 0.478. The van der Waals surface area contributed by atoms with Crippen molar-refractivity contribution in [2.24, 2.45) is 5.92 Å². The lowest BCUT2D eigenvalue weighted by Gasteiger charge is -2.58. The van der Waals surface area contributed by atoms with Gasteiger partial charge in [0.15, 0.2) is 11.5 Å². The van der Waals surface area contributed by atoms with Crippen molar-refractivity contribution in [3.8, 4) is 11.5 Å². The van der Waals surface area contributed by atoms with Crippen molar-refractivity contribution in [2.45, 2.75) is 48.8 Å². The van der Waals surface area contributed by atoms with Gasteiger partial charge in [-0.1, -0.05) is 34.1 Å². The van der Waals surface area contributed by atoms with Crippen LogP contribution >= 0.6 is 15.9 Å². The van der Waals surface area contributed by atoms with Crippen LogP contribution < -0.4 is 22.0 Å². The Bertz CT molecular complexity index is 967. The van der Waals surface area contributed by atoms with E-state index in [1.165, 1.54) is 16.7 Å². The van der Waals surface area contributed by atoms with E-state index in [1.54, 1.807) is 11.0 Å². The number of aliphatic hydroxyl groups is 1. The highest BCUT2D eigenvalue weighted by molar-refractivity contribution is 9.10. The minimum Gasteiger partial charge on any atom is -1.00 e. The number of aliphatic hydroxyl groups excluding tert-OH is 1. The number of hydrogen-bond acceptors (Lipinski definition) is 3. The zero-order chi connectivity index (χ0) is 19.2. The van der Waals surface area contributed by atoms with E-state index in [1.807, 2.05) is 0 Å². The van der Waals surface area contributed by atoms with Gasteiger partial charge in [-0.2, -0.15) is 0 Å². The van der Waals surface area contributed by atoms with E-state index in [0.717, 1.165) is 30.3 Å². The largest absolute Gasteiger partial charge is 1.00 e. The number of piperidine rings is 1. The quantitative estimate of drug-likeness (QED) is 0.501. The lowest BCUT2D eigenvalue weighted by molar-refractivity contribution is -0.919. The van der Waals surface area contributed by atoms with E-state index >= 15 is 0 Å². The van der Waals surface area contributed by atoms with Crippen molar-refractivity contribution < 1.29 is 32.3 Å². The molecule has 2 fully saturated rings. The standard InChI is InChI=1S/C23H24BrNO3.ClH/c1-25-9-8-23-16-11-15(12-2-5-14(24)6-3-12)20(27)22(23)28-21-18(26)7-4-13(19(21)23)10-17(16)25;/h2-7,15-17,20,22,26-27H,8-11H2,1H3;1H/t15-,16?,17-,20+,22+,23+;/m1./s1. The number of hydrogen-bond donors (Lipinski definition) is 3. The summed E-state index contributed by atoms with van der Waals surface area (Å²) in [5.74, 6) is 1.38. The number of phenols is 1. The minimum atomic E-state index is -0.575. The van der Waals surface area contributed by atoms with Gasteiger partial charge in [0.1, 0.15) is 6.10 Å². The number of quaternary nitrogens is 1. The average Bonchev–Trinajstić information content (AvgIpc) is 3.04. The second-order valence-corrected chi connectivity index (χ2v) is 10.1. The molecule has 0 aromatic heterocycles. The van der Waals surface area contributed by atoms with Crippen molar-refractivity contribution in [1.29, 1.82) is 0 Å². The topological polar surface area (TPSA) is 54.1 Å². The molecular formula is C23H25BrClNO3. The molecule has 4 nitrogen and oxygen atoms in total. The van der Waals surface area contributed by atoms with Crippen LogP contribution in [0.5, 0.6) is 11.5 Å². The molecule has 3 N–H and O–H groups in total. The van der Waals surface area contributed by atoms with E-state index in [9.17, 15) is 10.2 Å². The molecule has 0 amide bonds. The maximum Gasteiger partial charge on any atom is 0.165 e. The number of rotatable bonds is 1. The van der Waals surface area contributed by atoms with Crippen molar-refractivity contribution >= 4 is 15.9 Å². The van der Waals surface area contributed by atoms with Gasteiger partial charge in [-0.3, -0.25) is 0 Å². The van der Waals surface area contributed by atoms with E-state index in [-0.39, 0.29) is 35.6 Å². The smallest absolute Gasteiger partial charge is 0.165 e. The first-order valence-corrected chi connectivity index (χ1v) is 11.1. The SMILES string of the molecule is C[NH+]1CC[C@]23c4c5ccc(O)c4O[C@H]2[C@@H](O)[C@@H](c2ccc(Br)cc2)CC3[C@H]1C5.[Cl-]. The molecule has 154 valence electrons. The van der Waals surface area contributed by atoms with Gasteiger partial charge >= 0.3 is 0 Å². The fourth-order valence-corrected chi connectivity index (χ4v) is 7.16.